The number of hydrogen-bond donors (Lipinski definition) is 1. The van der Waals surface area contributed by atoms with Crippen molar-refractivity contribution in [2.75, 3.05) is 5.73 Å². The first-order valence-electron chi connectivity index (χ1n) is 7.85. The minimum atomic E-state index is -0.470. The number of nitro benzene ring substituents is 1. The number of nitro groups is 1. The minimum Gasteiger partial charge on any atom is -0.398 e. The normalized spacial score (nSPS) is 9.38. The van der Waals surface area contributed by atoms with Crippen molar-refractivity contribution in [1.29, 1.82) is 0 Å². The van der Waals surface area contributed by atoms with Gasteiger partial charge in [0.25, 0.3) is 5.69 Å². The molecule has 0 aliphatic carbocycles. The molecule has 0 fully saturated rings. The lowest BCUT2D eigenvalue weighted by molar-refractivity contribution is -0.385. The van der Waals surface area contributed by atoms with Crippen LogP contribution >= 0.6 is 0 Å². The van der Waals surface area contributed by atoms with Crippen molar-refractivity contribution in [1.82, 2.24) is 0 Å². The van der Waals surface area contributed by atoms with E-state index < -0.39 is 4.92 Å². The monoisotopic (exact) mass is 338 g/mol. The fourth-order valence-electron chi connectivity index (χ4n) is 2.29. The molecule has 3 rings (SSSR count). The van der Waals surface area contributed by atoms with E-state index in [-0.39, 0.29) is 11.3 Å². The Morgan fingerprint density at radius 3 is 1.73 bits per heavy atom. The third-order valence-corrected chi connectivity index (χ3v) is 3.60. The van der Waals surface area contributed by atoms with Crippen LogP contribution in [0.2, 0.25) is 0 Å². The summed E-state index contributed by atoms with van der Waals surface area (Å²) in [6.07, 6.45) is 0. The molecule has 4 nitrogen and oxygen atoms in total. The van der Waals surface area contributed by atoms with Crippen molar-refractivity contribution < 1.29 is 4.92 Å². The Kier molecular flexibility index (Phi) is 4.98. The van der Waals surface area contributed by atoms with Gasteiger partial charge in [0, 0.05) is 22.9 Å². The van der Waals surface area contributed by atoms with Crippen LogP contribution in [-0.2, 0) is 0 Å². The largest absolute Gasteiger partial charge is 0.398 e. The van der Waals surface area contributed by atoms with Gasteiger partial charge in [0.15, 0.2) is 0 Å². The van der Waals surface area contributed by atoms with E-state index in [2.05, 4.69) is 23.7 Å². The van der Waals surface area contributed by atoms with Crippen molar-refractivity contribution in [3.63, 3.8) is 0 Å². The Balaban J connectivity index is 2.01. The second kappa shape index (κ2) is 7.70. The summed E-state index contributed by atoms with van der Waals surface area (Å²) in [6, 6.07) is 21.5. The number of anilines is 1. The maximum atomic E-state index is 11.4. The first-order chi connectivity index (χ1) is 12.6. The Bertz CT molecular complexity index is 1070. The molecule has 124 valence electrons. The second-order valence-electron chi connectivity index (χ2n) is 5.45. The third-order valence-electron chi connectivity index (χ3n) is 3.60. The van der Waals surface area contributed by atoms with Gasteiger partial charge < -0.3 is 5.73 Å². The van der Waals surface area contributed by atoms with Crippen LogP contribution in [0.15, 0.2) is 72.8 Å². The van der Waals surface area contributed by atoms with E-state index in [0.29, 0.717) is 11.3 Å². The zero-order valence-corrected chi connectivity index (χ0v) is 13.8. The summed E-state index contributed by atoms with van der Waals surface area (Å²) in [5.74, 6) is 11.6. The molecule has 0 spiro atoms. The molecular weight excluding hydrogens is 324 g/mol. The van der Waals surface area contributed by atoms with Gasteiger partial charge in [-0.25, -0.2) is 0 Å². The van der Waals surface area contributed by atoms with Crippen LogP contribution in [0.3, 0.4) is 0 Å². The molecule has 0 aliphatic heterocycles. The summed E-state index contributed by atoms with van der Waals surface area (Å²) in [4.78, 5) is 10.9. The van der Waals surface area contributed by atoms with Crippen molar-refractivity contribution in [3.8, 4) is 23.7 Å². The second-order valence-corrected chi connectivity index (χ2v) is 5.45. The standard InChI is InChI=1S/C22H14N2O2/c23-21-15-20(14-12-18-9-5-2-6-10-18)22(24(25)26)16-19(21)13-11-17-7-3-1-4-8-17/h1-10,15-16H,23H2. The van der Waals surface area contributed by atoms with Crippen molar-refractivity contribution in [3.05, 3.63) is 105 Å². The molecule has 0 amide bonds. The average molecular weight is 338 g/mol. The highest BCUT2D eigenvalue weighted by atomic mass is 16.6. The number of rotatable bonds is 1. The maximum Gasteiger partial charge on any atom is 0.286 e. The first kappa shape index (κ1) is 16.8. The maximum absolute atomic E-state index is 11.4. The highest BCUT2D eigenvalue weighted by Crippen LogP contribution is 2.24. The van der Waals surface area contributed by atoms with Crippen molar-refractivity contribution in [2.45, 2.75) is 0 Å². The molecule has 0 unspecified atom stereocenters. The first-order valence-corrected chi connectivity index (χ1v) is 7.85. The predicted octanol–water partition coefficient (Wildman–Crippen LogP) is 3.98. The molecule has 26 heavy (non-hydrogen) atoms. The van der Waals surface area contributed by atoms with Gasteiger partial charge in [-0.3, -0.25) is 10.1 Å². The van der Waals surface area contributed by atoms with Crippen LogP contribution in [0.5, 0.6) is 0 Å². The molecule has 4 heteroatoms. The quantitative estimate of drug-likeness (QED) is 0.316. The van der Waals surface area contributed by atoms with Gasteiger partial charge in [-0.05, 0) is 30.3 Å². The SMILES string of the molecule is Nc1cc(C#Cc2ccccc2)c([N+](=O)[O-])cc1C#Cc1ccccc1. The molecule has 0 heterocycles. The Morgan fingerprint density at radius 2 is 1.23 bits per heavy atom. The van der Waals surface area contributed by atoms with Gasteiger partial charge in [-0.1, -0.05) is 60.1 Å². The Morgan fingerprint density at radius 1 is 0.731 bits per heavy atom. The predicted molar refractivity (Wildman–Crippen MR) is 102 cm³/mol. The highest BCUT2D eigenvalue weighted by molar-refractivity contribution is 5.68. The van der Waals surface area contributed by atoms with Crippen LogP contribution < -0.4 is 5.73 Å². The van der Waals surface area contributed by atoms with E-state index in [1.165, 1.54) is 12.1 Å². The summed E-state index contributed by atoms with van der Waals surface area (Å²) < 4.78 is 0. The number of benzene rings is 3. The smallest absolute Gasteiger partial charge is 0.286 e. The molecule has 0 aromatic heterocycles. The van der Waals surface area contributed by atoms with Crippen LogP contribution in [0.25, 0.3) is 0 Å². The molecule has 0 saturated heterocycles. The zero-order chi connectivity index (χ0) is 18.4. The number of hydrogen-bond acceptors (Lipinski definition) is 3. The molecule has 0 aliphatic rings. The molecule has 0 bridgehead atoms. The van der Waals surface area contributed by atoms with Crippen LogP contribution in [0.4, 0.5) is 11.4 Å². The lowest BCUT2D eigenvalue weighted by Crippen LogP contribution is -1.98. The van der Waals surface area contributed by atoms with Gasteiger partial charge in [-0.15, -0.1) is 0 Å². The average Bonchev–Trinajstić information content (AvgIpc) is 2.67. The summed E-state index contributed by atoms with van der Waals surface area (Å²) in [6.45, 7) is 0. The topological polar surface area (TPSA) is 69.2 Å². The Labute approximate surface area is 151 Å². The summed E-state index contributed by atoms with van der Waals surface area (Å²) in [5.41, 5.74) is 8.53. The summed E-state index contributed by atoms with van der Waals surface area (Å²) in [7, 11) is 0. The molecular formula is C22H14N2O2. The van der Waals surface area contributed by atoms with E-state index in [0.717, 1.165) is 11.1 Å². The van der Waals surface area contributed by atoms with Crippen LogP contribution in [0.1, 0.15) is 22.3 Å². The number of nitrogen functional groups attached to an aromatic ring is 1. The van der Waals surface area contributed by atoms with Crippen molar-refractivity contribution in [2.24, 2.45) is 0 Å². The van der Waals surface area contributed by atoms with Crippen LogP contribution in [0, 0.1) is 33.8 Å². The lowest BCUT2D eigenvalue weighted by atomic mass is 10.1. The highest BCUT2D eigenvalue weighted by Gasteiger charge is 2.15. The van der Waals surface area contributed by atoms with Gasteiger partial charge in [-0.2, -0.15) is 0 Å². The molecule has 2 N–H and O–H groups in total. The van der Waals surface area contributed by atoms with E-state index in [1.54, 1.807) is 0 Å². The molecule has 3 aromatic rings. The third kappa shape index (κ3) is 4.08. The number of nitrogens with zero attached hydrogens (tertiary/aromatic N) is 1. The van der Waals surface area contributed by atoms with Crippen LogP contribution in [-0.4, -0.2) is 4.92 Å². The molecule has 3 aromatic carbocycles. The molecule has 0 atom stereocenters. The Hall–Kier alpha value is -4.02. The fourth-order valence-corrected chi connectivity index (χ4v) is 2.29. The van der Waals surface area contributed by atoms with Gasteiger partial charge >= 0.3 is 0 Å². The number of nitrogens with two attached hydrogens (primary N) is 1. The van der Waals surface area contributed by atoms with Gasteiger partial charge in [0.1, 0.15) is 5.56 Å². The van der Waals surface area contributed by atoms with E-state index in [9.17, 15) is 10.1 Å². The zero-order valence-electron chi connectivity index (χ0n) is 13.8. The summed E-state index contributed by atoms with van der Waals surface area (Å²) in [5, 5.41) is 11.4. The molecule has 0 saturated carbocycles. The van der Waals surface area contributed by atoms with E-state index in [1.807, 2.05) is 60.7 Å². The summed E-state index contributed by atoms with van der Waals surface area (Å²) >= 11 is 0. The van der Waals surface area contributed by atoms with Gasteiger partial charge in [0.2, 0.25) is 0 Å². The molecule has 0 radical (unpaired) electrons. The fraction of sp³-hybridized carbons (Fsp3) is 0. The minimum absolute atomic E-state index is 0.111. The van der Waals surface area contributed by atoms with E-state index in [4.69, 9.17) is 5.73 Å². The lowest BCUT2D eigenvalue weighted by Gasteiger charge is -2.01. The van der Waals surface area contributed by atoms with Gasteiger partial charge in [0.05, 0.1) is 10.5 Å². The van der Waals surface area contributed by atoms with E-state index >= 15 is 0 Å². The van der Waals surface area contributed by atoms with Crippen molar-refractivity contribution >= 4 is 11.4 Å².